The Hall–Kier alpha value is -2.79. The molecule has 0 fully saturated rings. The van der Waals surface area contributed by atoms with Gasteiger partial charge in [0, 0.05) is 43.2 Å². The van der Waals surface area contributed by atoms with Gasteiger partial charge in [-0.2, -0.15) is 0 Å². The summed E-state index contributed by atoms with van der Waals surface area (Å²) >= 11 is 0. The topological polar surface area (TPSA) is 72.9 Å². The SMILES string of the molecule is C=N/C=C(\C=NCC)Cc1cc(OC)cc(-c2ccc(C)cn2)c1.CCCC(C)N. The number of aliphatic imine (C=N–C) groups is 2. The highest BCUT2D eigenvalue weighted by Gasteiger charge is 2.07. The van der Waals surface area contributed by atoms with Gasteiger partial charge >= 0.3 is 0 Å². The van der Waals surface area contributed by atoms with Crippen LogP contribution in [-0.2, 0) is 6.42 Å². The molecule has 5 nitrogen and oxygen atoms in total. The molecule has 2 N–H and O–H groups in total. The van der Waals surface area contributed by atoms with Crippen molar-refractivity contribution in [3.63, 3.8) is 0 Å². The zero-order chi connectivity index (χ0) is 22.4. The lowest BCUT2D eigenvalue weighted by Crippen LogP contribution is -2.13. The van der Waals surface area contributed by atoms with E-state index in [1.807, 2.05) is 51.4 Å². The van der Waals surface area contributed by atoms with Crippen LogP contribution >= 0.6 is 0 Å². The lowest BCUT2D eigenvalue weighted by Gasteiger charge is -2.09. The molecule has 0 aliphatic carbocycles. The third-order valence-electron chi connectivity index (χ3n) is 4.26. The number of pyridine rings is 1. The number of allylic oxidation sites excluding steroid dienone is 1. The van der Waals surface area contributed by atoms with E-state index in [1.165, 1.54) is 6.42 Å². The Morgan fingerprint density at radius 3 is 2.53 bits per heavy atom. The van der Waals surface area contributed by atoms with Crippen molar-refractivity contribution >= 4 is 12.9 Å². The van der Waals surface area contributed by atoms with Gasteiger partial charge < -0.3 is 10.5 Å². The van der Waals surface area contributed by atoms with E-state index in [0.29, 0.717) is 12.5 Å². The van der Waals surface area contributed by atoms with E-state index < -0.39 is 0 Å². The molecule has 162 valence electrons. The minimum Gasteiger partial charge on any atom is -0.497 e. The van der Waals surface area contributed by atoms with Crippen LogP contribution in [0.1, 0.15) is 44.7 Å². The number of aryl methyl sites for hydroxylation is 1. The standard InChI is InChI=1S/C20H23N3O.C5H13N/c1-5-22-14-17(13-21-3)8-16-9-18(11-19(10-16)24-4)20-7-6-15(2)12-23-20;1-3-4-5(2)6/h6-7,9-14H,3,5,8H2,1-2,4H3;5H,3-4,6H2,1-2H3/b17-13-,22-14?;. The van der Waals surface area contributed by atoms with Gasteiger partial charge in [0.25, 0.3) is 0 Å². The predicted octanol–water partition coefficient (Wildman–Crippen LogP) is 5.42. The maximum atomic E-state index is 5.45. The molecule has 1 atom stereocenters. The summed E-state index contributed by atoms with van der Waals surface area (Å²) in [7, 11) is 1.67. The normalized spacial score (nSPS) is 12.3. The molecule has 0 saturated carbocycles. The zero-order valence-electron chi connectivity index (χ0n) is 19.1. The second-order valence-electron chi connectivity index (χ2n) is 7.25. The number of hydrogen-bond donors (Lipinski definition) is 1. The molecule has 1 aromatic heterocycles. The monoisotopic (exact) mass is 408 g/mol. The van der Waals surface area contributed by atoms with Gasteiger partial charge in [0.05, 0.1) is 12.8 Å². The number of benzene rings is 1. The first-order chi connectivity index (χ1) is 14.4. The molecule has 0 bridgehead atoms. The second-order valence-corrected chi connectivity index (χ2v) is 7.25. The molecule has 1 heterocycles. The molecule has 2 aromatic rings. The largest absolute Gasteiger partial charge is 0.497 e. The smallest absolute Gasteiger partial charge is 0.119 e. The van der Waals surface area contributed by atoms with Gasteiger partial charge in [-0.05, 0) is 74.9 Å². The van der Waals surface area contributed by atoms with Crippen molar-refractivity contribution < 1.29 is 4.74 Å². The maximum absolute atomic E-state index is 5.45. The molecule has 0 amide bonds. The average Bonchev–Trinajstić information content (AvgIpc) is 2.72. The van der Waals surface area contributed by atoms with Crippen LogP contribution in [-0.4, -0.2) is 37.6 Å². The number of aromatic nitrogens is 1. The molecular weight excluding hydrogens is 372 g/mol. The second kappa shape index (κ2) is 14.2. The third kappa shape index (κ3) is 9.61. The molecule has 2 rings (SSSR count). The highest BCUT2D eigenvalue weighted by Crippen LogP contribution is 2.26. The molecular formula is C25H36N4O. The van der Waals surface area contributed by atoms with Crippen LogP contribution < -0.4 is 10.5 Å². The van der Waals surface area contributed by atoms with E-state index in [4.69, 9.17) is 10.5 Å². The molecule has 0 saturated heterocycles. The summed E-state index contributed by atoms with van der Waals surface area (Å²) in [5.74, 6) is 0.809. The van der Waals surface area contributed by atoms with Gasteiger partial charge in [0.1, 0.15) is 5.75 Å². The number of nitrogens with two attached hydrogens (primary N) is 1. The van der Waals surface area contributed by atoms with E-state index in [-0.39, 0.29) is 0 Å². The first-order valence-electron chi connectivity index (χ1n) is 10.4. The maximum Gasteiger partial charge on any atom is 0.119 e. The quantitative estimate of drug-likeness (QED) is 0.563. The fraction of sp³-hybridized carbons (Fsp3) is 0.400. The fourth-order valence-corrected chi connectivity index (χ4v) is 2.81. The molecule has 1 unspecified atom stereocenters. The average molecular weight is 409 g/mol. The summed E-state index contributed by atoms with van der Waals surface area (Å²) in [6.07, 6.45) is 8.52. The summed E-state index contributed by atoms with van der Waals surface area (Å²) in [5, 5.41) is 0. The van der Waals surface area contributed by atoms with Gasteiger partial charge in [-0.3, -0.25) is 15.0 Å². The van der Waals surface area contributed by atoms with Crippen LogP contribution in [0.25, 0.3) is 11.3 Å². The molecule has 30 heavy (non-hydrogen) atoms. The minimum atomic E-state index is 0.398. The van der Waals surface area contributed by atoms with Crippen LogP contribution in [0.5, 0.6) is 5.75 Å². The van der Waals surface area contributed by atoms with Crippen molar-refractivity contribution in [1.82, 2.24) is 4.98 Å². The Morgan fingerprint density at radius 1 is 1.27 bits per heavy atom. The van der Waals surface area contributed by atoms with Crippen LogP contribution in [0.15, 0.2) is 58.3 Å². The van der Waals surface area contributed by atoms with Gasteiger partial charge in [-0.1, -0.05) is 19.4 Å². The Kier molecular flexibility index (Phi) is 12.0. The number of ether oxygens (including phenoxy) is 1. The lowest BCUT2D eigenvalue weighted by atomic mass is 10.0. The van der Waals surface area contributed by atoms with Crippen molar-refractivity contribution in [1.29, 1.82) is 0 Å². The van der Waals surface area contributed by atoms with Gasteiger partial charge in [-0.25, -0.2) is 0 Å². The Balaban J connectivity index is 0.000000656. The van der Waals surface area contributed by atoms with E-state index >= 15 is 0 Å². The number of nitrogens with zero attached hydrogens (tertiary/aromatic N) is 3. The molecule has 5 heteroatoms. The number of hydrogen-bond acceptors (Lipinski definition) is 5. The van der Waals surface area contributed by atoms with Gasteiger partial charge in [-0.15, -0.1) is 0 Å². The molecule has 0 radical (unpaired) electrons. The minimum absolute atomic E-state index is 0.398. The number of rotatable bonds is 9. The fourth-order valence-electron chi connectivity index (χ4n) is 2.81. The van der Waals surface area contributed by atoms with Crippen LogP contribution in [0, 0.1) is 6.92 Å². The Labute approximate surface area is 181 Å². The summed E-state index contributed by atoms with van der Waals surface area (Å²) in [6.45, 7) is 12.5. The van der Waals surface area contributed by atoms with Crippen molar-refractivity contribution in [2.75, 3.05) is 13.7 Å². The van der Waals surface area contributed by atoms with E-state index in [1.54, 1.807) is 13.3 Å². The van der Waals surface area contributed by atoms with E-state index in [9.17, 15) is 0 Å². The highest BCUT2D eigenvalue weighted by atomic mass is 16.5. The van der Waals surface area contributed by atoms with E-state index in [0.717, 1.165) is 46.7 Å². The van der Waals surface area contributed by atoms with E-state index in [2.05, 4.69) is 40.7 Å². The van der Waals surface area contributed by atoms with Crippen molar-refractivity contribution in [3.05, 3.63) is 59.4 Å². The van der Waals surface area contributed by atoms with Crippen molar-refractivity contribution in [3.8, 4) is 17.0 Å². The Morgan fingerprint density at radius 2 is 2.03 bits per heavy atom. The summed E-state index contributed by atoms with van der Waals surface area (Å²) in [6, 6.07) is 10.6. The van der Waals surface area contributed by atoms with Crippen molar-refractivity contribution in [2.45, 2.75) is 53.0 Å². The van der Waals surface area contributed by atoms with Gasteiger partial charge in [0.15, 0.2) is 0 Å². The number of methoxy groups -OCH3 is 1. The predicted molar refractivity (Wildman–Crippen MR) is 130 cm³/mol. The highest BCUT2D eigenvalue weighted by molar-refractivity contribution is 5.79. The third-order valence-corrected chi connectivity index (χ3v) is 4.26. The van der Waals surface area contributed by atoms with Crippen LogP contribution in [0.2, 0.25) is 0 Å². The molecule has 0 spiro atoms. The summed E-state index contributed by atoms with van der Waals surface area (Å²) in [4.78, 5) is 12.7. The summed E-state index contributed by atoms with van der Waals surface area (Å²) in [5.41, 5.74) is 10.6. The molecule has 0 aliphatic rings. The first kappa shape index (κ1) is 25.2. The molecule has 0 aliphatic heterocycles. The zero-order valence-corrected chi connectivity index (χ0v) is 19.1. The first-order valence-corrected chi connectivity index (χ1v) is 10.4. The van der Waals surface area contributed by atoms with Crippen LogP contribution in [0.4, 0.5) is 0 Å². The molecule has 1 aromatic carbocycles. The van der Waals surface area contributed by atoms with Crippen LogP contribution in [0.3, 0.4) is 0 Å². The lowest BCUT2D eigenvalue weighted by molar-refractivity contribution is 0.414. The van der Waals surface area contributed by atoms with Crippen molar-refractivity contribution in [2.24, 2.45) is 15.7 Å². The van der Waals surface area contributed by atoms with Gasteiger partial charge in [0.2, 0.25) is 0 Å². The Bertz CT molecular complexity index is 824. The summed E-state index contributed by atoms with van der Waals surface area (Å²) < 4.78 is 5.45.